The number of ketones is 1. The van der Waals surface area contributed by atoms with Crippen molar-refractivity contribution >= 4 is 28.7 Å². The van der Waals surface area contributed by atoms with Crippen LogP contribution in [0.2, 0.25) is 0 Å². The highest BCUT2D eigenvalue weighted by atomic mass is 32.1. The summed E-state index contributed by atoms with van der Waals surface area (Å²) in [7, 11) is 0. The van der Waals surface area contributed by atoms with Gasteiger partial charge < -0.3 is 10.6 Å². The number of hydrogen-bond donors (Lipinski definition) is 2. The second kappa shape index (κ2) is 7.31. The molecule has 1 aliphatic heterocycles. The van der Waals surface area contributed by atoms with E-state index in [4.69, 9.17) is 0 Å². The standard InChI is InChI=1S/C21H18F2N2O2S/c1-11-18(21(27)25-14-8-7-12(22)10-13(14)23)20(17-6-3-9-28-17)19-15(24-11)4-2-5-16(19)26/h3,6-10,20,24H,2,4-5H2,1H3,(H,25,27)/t20-/m0/s1. The number of Topliss-reactive ketones (excluding diaryl/α,β-unsaturated/α-hetero) is 1. The Morgan fingerprint density at radius 1 is 1.25 bits per heavy atom. The van der Waals surface area contributed by atoms with Crippen LogP contribution >= 0.6 is 11.3 Å². The van der Waals surface area contributed by atoms with Crippen molar-refractivity contribution in [2.45, 2.75) is 32.1 Å². The summed E-state index contributed by atoms with van der Waals surface area (Å²) in [5.41, 5.74) is 2.37. The van der Waals surface area contributed by atoms with Gasteiger partial charge in [-0.2, -0.15) is 0 Å². The van der Waals surface area contributed by atoms with Crippen molar-refractivity contribution in [1.82, 2.24) is 5.32 Å². The fourth-order valence-electron chi connectivity index (χ4n) is 3.80. The number of amides is 1. The van der Waals surface area contributed by atoms with Crippen LogP contribution in [0.25, 0.3) is 0 Å². The van der Waals surface area contributed by atoms with Gasteiger partial charge in [0.2, 0.25) is 0 Å². The molecule has 2 N–H and O–H groups in total. The molecule has 0 fully saturated rings. The quantitative estimate of drug-likeness (QED) is 0.790. The van der Waals surface area contributed by atoms with Crippen molar-refractivity contribution in [3.63, 3.8) is 0 Å². The first-order valence-electron chi connectivity index (χ1n) is 8.99. The third-order valence-corrected chi connectivity index (χ3v) is 5.96. The van der Waals surface area contributed by atoms with Crippen LogP contribution in [0.5, 0.6) is 0 Å². The van der Waals surface area contributed by atoms with Gasteiger partial charge in [0.15, 0.2) is 5.78 Å². The van der Waals surface area contributed by atoms with Gasteiger partial charge in [-0.15, -0.1) is 11.3 Å². The van der Waals surface area contributed by atoms with Crippen molar-refractivity contribution < 1.29 is 18.4 Å². The average molecular weight is 400 g/mol. The predicted octanol–water partition coefficient (Wildman–Crippen LogP) is 4.63. The van der Waals surface area contributed by atoms with E-state index in [-0.39, 0.29) is 11.5 Å². The van der Waals surface area contributed by atoms with Crippen LogP contribution in [0, 0.1) is 11.6 Å². The Morgan fingerprint density at radius 2 is 2.07 bits per heavy atom. The van der Waals surface area contributed by atoms with E-state index in [1.165, 1.54) is 17.4 Å². The van der Waals surface area contributed by atoms with Crippen molar-refractivity contribution in [3.05, 3.63) is 74.8 Å². The van der Waals surface area contributed by atoms with Crippen LogP contribution in [0.15, 0.2) is 58.3 Å². The second-order valence-electron chi connectivity index (χ2n) is 6.86. The van der Waals surface area contributed by atoms with Gasteiger partial charge in [0, 0.05) is 39.9 Å². The number of rotatable bonds is 3. The molecule has 2 aromatic rings. The van der Waals surface area contributed by atoms with E-state index >= 15 is 0 Å². The van der Waals surface area contributed by atoms with E-state index in [1.807, 2.05) is 17.5 Å². The average Bonchev–Trinajstić information content (AvgIpc) is 3.17. The number of carbonyl (C=O) groups excluding carboxylic acids is 2. The number of thiophene rings is 1. The monoisotopic (exact) mass is 400 g/mol. The number of allylic oxidation sites excluding steroid dienone is 3. The van der Waals surface area contributed by atoms with E-state index in [9.17, 15) is 18.4 Å². The molecule has 1 aromatic heterocycles. The first kappa shape index (κ1) is 18.6. The Labute approximate surface area is 165 Å². The molecule has 4 rings (SSSR count). The summed E-state index contributed by atoms with van der Waals surface area (Å²) in [6.45, 7) is 1.78. The summed E-state index contributed by atoms with van der Waals surface area (Å²) >= 11 is 1.47. The molecule has 28 heavy (non-hydrogen) atoms. The molecule has 1 atom stereocenters. The smallest absolute Gasteiger partial charge is 0.254 e. The summed E-state index contributed by atoms with van der Waals surface area (Å²) in [5.74, 6) is -2.55. The SMILES string of the molecule is CC1=C(C(=O)Nc2ccc(F)cc2F)[C@H](c2cccs2)C2=C(CCCC2=O)N1. The summed E-state index contributed by atoms with van der Waals surface area (Å²) in [5, 5.41) is 7.64. The minimum absolute atomic E-state index is 0.0258. The lowest BCUT2D eigenvalue weighted by Gasteiger charge is -2.33. The maximum atomic E-state index is 14.0. The number of halogens is 2. The number of hydrogen-bond acceptors (Lipinski definition) is 4. The molecular formula is C21H18F2N2O2S. The van der Waals surface area contributed by atoms with Crippen molar-refractivity contribution in [2.75, 3.05) is 5.32 Å². The van der Waals surface area contributed by atoms with E-state index in [1.54, 1.807) is 6.92 Å². The van der Waals surface area contributed by atoms with E-state index in [2.05, 4.69) is 10.6 Å². The van der Waals surface area contributed by atoms with Crippen LogP contribution in [0.1, 0.15) is 37.0 Å². The number of dihydropyridines is 1. The zero-order valence-corrected chi connectivity index (χ0v) is 16.0. The molecule has 4 nitrogen and oxygen atoms in total. The van der Waals surface area contributed by atoms with Gasteiger partial charge in [-0.3, -0.25) is 9.59 Å². The van der Waals surface area contributed by atoms with Crippen LogP contribution in [-0.4, -0.2) is 11.7 Å². The van der Waals surface area contributed by atoms with Gasteiger partial charge in [-0.1, -0.05) is 6.07 Å². The second-order valence-corrected chi connectivity index (χ2v) is 7.84. The fraction of sp³-hybridized carbons (Fsp3) is 0.238. The highest BCUT2D eigenvalue weighted by Gasteiger charge is 2.39. The van der Waals surface area contributed by atoms with Gasteiger partial charge in [0.1, 0.15) is 11.6 Å². The van der Waals surface area contributed by atoms with Gasteiger partial charge in [0.25, 0.3) is 5.91 Å². The fourth-order valence-corrected chi connectivity index (χ4v) is 4.65. The van der Waals surface area contributed by atoms with Gasteiger partial charge >= 0.3 is 0 Å². The van der Waals surface area contributed by atoms with E-state index in [0.29, 0.717) is 23.3 Å². The molecule has 1 amide bonds. The maximum Gasteiger partial charge on any atom is 0.254 e. The van der Waals surface area contributed by atoms with Gasteiger partial charge in [-0.25, -0.2) is 8.78 Å². The molecule has 0 bridgehead atoms. The lowest BCUT2D eigenvalue weighted by atomic mass is 9.77. The zero-order chi connectivity index (χ0) is 19.8. The Kier molecular flexibility index (Phi) is 4.85. The molecule has 1 aromatic carbocycles. The highest BCUT2D eigenvalue weighted by molar-refractivity contribution is 7.10. The highest BCUT2D eigenvalue weighted by Crippen LogP contribution is 2.43. The number of carbonyl (C=O) groups is 2. The summed E-state index contributed by atoms with van der Waals surface area (Å²) in [4.78, 5) is 26.7. The normalized spacial score (nSPS) is 19.4. The topological polar surface area (TPSA) is 58.2 Å². The van der Waals surface area contributed by atoms with Gasteiger partial charge in [0.05, 0.1) is 11.6 Å². The minimum atomic E-state index is -0.850. The number of anilines is 1. The van der Waals surface area contributed by atoms with Crippen LogP contribution in [-0.2, 0) is 9.59 Å². The van der Waals surface area contributed by atoms with Crippen molar-refractivity contribution in [2.24, 2.45) is 0 Å². The molecule has 1 aliphatic carbocycles. The summed E-state index contributed by atoms with van der Waals surface area (Å²) in [6.07, 6.45) is 1.97. The number of benzene rings is 1. The molecule has 0 unspecified atom stereocenters. The molecule has 144 valence electrons. The Balaban J connectivity index is 1.75. The van der Waals surface area contributed by atoms with Gasteiger partial charge in [-0.05, 0) is 43.3 Å². The lowest BCUT2D eigenvalue weighted by Crippen LogP contribution is -2.35. The van der Waals surface area contributed by atoms with Crippen LogP contribution < -0.4 is 10.6 Å². The molecule has 0 saturated carbocycles. The summed E-state index contributed by atoms with van der Waals surface area (Å²) < 4.78 is 27.2. The first-order chi connectivity index (χ1) is 13.5. The predicted molar refractivity (Wildman–Crippen MR) is 104 cm³/mol. The van der Waals surface area contributed by atoms with E-state index in [0.717, 1.165) is 35.5 Å². The third kappa shape index (κ3) is 3.26. The molecule has 2 aliphatic rings. The largest absolute Gasteiger partial charge is 0.362 e. The summed E-state index contributed by atoms with van der Waals surface area (Å²) in [6, 6.07) is 6.76. The number of nitrogens with one attached hydrogen (secondary N) is 2. The first-order valence-corrected chi connectivity index (χ1v) is 9.87. The minimum Gasteiger partial charge on any atom is -0.362 e. The van der Waals surface area contributed by atoms with Crippen LogP contribution in [0.3, 0.4) is 0 Å². The third-order valence-electron chi connectivity index (χ3n) is 5.03. The molecule has 7 heteroatoms. The molecule has 0 radical (unpaired) electrons. The molecular weight excluding hydrogens is 382 g/mol. The zero-order valence-electron chi connectivity index (χ0n) is 15.1. The lowest BCUT2D eigenvalue weighted by molar-refractivity contribution is -0.116. The molecule has 2 heterocycles. The Hall–Kier alpha value is -2.80. The van der Waals surface area contributed by atoms with Crippen molar-refractivity contribution in [1.29, 1.82) is 0 Å². The van der Waals surface area contributed by atoms with Crippen molar-refractivity contribution in [3.8, 4) is 0 Å². The Morgan fingerprint density at radius 3 is 2.79 bits per heavy atom. The van der Waals surface area contributed by atoms with E-state index < -0.39 is 23.5 Å². The Bertz CT molecular complexity index is 1030. The maximum absolute atomic E-state index is 14.0. The van der Waals surface area contributed by atoms with Crippen LogP contribution in [0.4, 0.5) is 14.5 Å². The molecule has 0 spiro atoms. The molecule has 0 saturated heterocycles.